The van der Waals surface area contributed by atoms with E-state index in [-0.39, 0.29) is 35.8 Å². The summed E-state index contributed by atoms with van der Waals surface area (Å²) in [7, 11) is -3.14. The number of hydrogen-bond acceptors (Lipinski definition) is 4. The molecule has 1 aliphatic heterocycles. The number of piperazine rings is 1. The minimum atomic E-state index is -3.14. The van der Waals surface area contributed by atoms with E-state index in [0.717, 1.165) is 12.8 Å². The lowest BCUT2D eigenvalue weighted by atomic mass is 10.0. The van der Waals surface area contributed by atoms with E-state index in [9.17, 15) is 18.0 Å². The van der Waals surface area contributed by atoms with Gasteiger partial charge in [-0.3, -0.25) is 9.59 Å². The fraction of sp³-hybridized carbons (Fsp3) is 0.846. The van der Waals surface area contributed by atoms with Crippen LogP contribution in [0.5, 0.6) is 0 Å². The molecule has 1 saturated heterocycles. The summed E-state index contributed by atoms with van der Waals surface area (Å²) in [6, 6.07) is -1.04. The molecule has 0 radical (unpaired) electrons. The maximum atomic E-state index is 12.4. The molecule has 7 heteroatoms. The summed E-state index contributed by atoms with van der Waals surface area (Å²) in [5.41, 5.74) is 0. The molecule has 2 aliphatic rings. The van der Waals surface area contributed by atoms with Gasteiger partial charge in [0.05, 0.1) is 5.75 Å². The summed E-state index contributed by atoms with van der Waals surface area (Å²) in [6.07, 6.45) is 2.47. The van der Waals surface area contributed by atoms with Crippen molar-refractivity contribution in [2.45, 2.75) is 45.2 Å². The molecular weight excluding hydrogens is 280 g/mol. The van der Waals surface area contributed by atoms with E-state index in [2.05, 4.69) is 5.32 Å². The molecule has 2 amide bonds. The third-order valence-corrected chi connectivity index (χ3v) is 5.78. The topological polar surface area (TPSA) is 83.6 Å². The first-order valence-electron chi connectivity index (χ1n) is 7.17. The monoisotopic (exact) mass is 302 g/mol. The van der Waals surface area contributed by atoms with E-state index in [1.807, 2.05) is 6.92 Å². The molecule has 20 heavy (non-hydrogen) atoms. The van der Waals surface area contributed by atoms with Crippen molar-refractivity contribution in [2.75, 3.05) is 18.1 Å². The molecule has 1 N–H and O–H groups in total. The molecule has 114 valence electrons. The lowest BCUT2D eigenvalue weighted by Crippen LogP contribution is -2.63. The zero-order valence-corrected chi connectivity index (χ0v) is 12.8. The lowest BCUT2D eigenvalue weighted by molar-refractivity contribution is -0.148. The summed E-state index contributed by atoms with van der Waals surface area (Å²) in [4.78, 5) is 25.7. The SMILES string of the molecule is CCCS(=O)(=O)CCN1C(=O)C(C2CC2)NC(=O)C1C. The van der Waals surface area contributed by atoms with Gasteiger partial charge in [0, 0.05) is 12.3 Å². The Hall–Kier alpha value is -1.11. The predicted molar refractivity (Wildman–Crippen MR) is 74.8 cm³/mol. The second-order valence-electron chi connectivity index (χ2n) is 5.68. The van der Waals surface area contributed by atoms with Crippen molar-refractivity contribution >= 4 is 21.7 Å². The van der Waals surface area contributed by atoms with Gasteiger partial charge in [-0.15, -0.1) is 0 Å². The van der Waals surface area contributed by atoms with Crippen molar-refractivity contribution in [3.05, 3.63) is 0 Å². The lowest BCUT2D eigenvalue weighted by Gasteiger charge is -2.37. The molecular formula is C13H22N2O4S. The van der Waals surface area contributed by atoms with Crippen LogP contribution < -0.4 is 5.32 Å². The van der Waals surface area contributed by atoms with Crippen molar-refractivity contribution in [3.8, 4) is 0 Å². The molecule has 0 aromatic carbocycles. The summed E-state index contributed by atoms with van der Waals surface area (Å²) in [6.45, 7) is 3.56. The van der Waals surface area contributed by atoms with Gasteiger partial charge in [-0.05, 0) is 32.1 Å². The number of carbonyl (C=O) groups is 2. The highest BCUT2D eigenvalue weighted by Crippen LogP contribution is 2.34. The Balaban J connectivity index is 2.03. The number of amides is 2. The first kappa shape index (κ1) is 15.3. The maximum absolute atomic E-state index is 12.4. The van der Waals surface area contributed by atoms with E-state index >= 15 is 0 Å². The smallest absolute Gasteiger partial charge is 0.246 e. The molecule has 6 nitrogen and oxygen atoms in total. The van der Waals surface area contributed by atoms with Crippen LogP contribution in [0.1, 0.15) is 33.1 Å². The van der Waals surface area contributed by atoms with Crippen LogP contribution in [-0.2, 0) is 19.4 Å². The molecule has 0 aromatic heterocycles. The van der Waals surface area contributed by atoms with Gasteiger partial charge in [0.25, 0.3) is 0 Å². The van der Waals surface area contributed by atoms with Crippen LogP contribution in [0.2, 0.25) is 0 Å². The summed E-state index contributed by atoms with van der Waals surface area (Å²) >= 11 is 0. The molecule has 2 unspecified atom stereocenters. The first-order chi connectivity index (χ1) is 9.35. The number of rotatable bonds is 6. The fourth-order valence-electron chi connectivity index (χ4n) is 2.55. The average molecular weight is 302 g/mol. The third kappa shape index (κ3) is 3.31. The first-order valence-corrected chi connectivity index (χ1v) is 8.99. The number of hydrogen-bond donors (Lipinski definition) is 1. The van der Waals surface area contributed by atoms with Crippen LogP contribution in [0, 0.1) is 5.92 Å². The van der Waals surface area contributed by atoms with Gasteiger partial charge in [0.2, 0.25) is 11.8 Å². The van der Waals surface area contributed by atoms with Gasteiger partial charge in [-0.1, -0.05) is 6.92 Å². The van der Waals surface area contributed by atoms with Crippen molar-refractivity contribution < 1.29 is 18.0 Å². The van der Waals surface area contributed by atoms with Crippen molar-refractivity contribution in [1.82, 2.24) is 10.2 Å². The molecule has 0 spiro atoms. The Labute approximate surface area is 119 Å². The van der Waals surface area contributed by atoms with Crippen LogP contribution in [0.4, 0.5) is 0 Å². The number of nitrogens with zero attached hydrogens (tertiary/aromatic N) is 1. The molecule has 0 aromatic rings. The second-order valence-corrected chi connectivity index (χ2v) is 7.99. The predicted octanol–water partition coefficient (Wildman–Crippen LogP) is -0.0633. The van der Waals surface area contributed by atoms with Crippen LogP contribution in [-0.4, -0.2) is 55.3 Å². The van der Waals surface area contributed by atoms with Gasteiger partial charge >= 0.3 is 0 Å². The van der Waals surface area contributed by atoms with Crippen LogP contribution in [0.25, 0.3) is 0 Å². The van der Waals surface area contributed by atoms with E-state index in [1.54, 1.807) is 6.92 Å². The molecule has 2 rings (SSSR count). The zero-order chi connectivity index (χ0) is 14.9. The maximum Gasteiger partial charge on any atom is 0.246 e. The van der Waals surface area contributed by atoms with Gasteiger partial charge < -0.3 is 10.2 Å². The van der Waals surface area contributed by atoms with Gasteiger partial charge in [0.1, 0.15) is 12.1 Å². The minimum absolute atomic E-state index is 0.0679. The largest absolute Gasteiger partial charge is 0.342 e. The average Bonchev–Trinajstić information content (AvgIpc) is 3.17. The molecule has 2 atom stereocenters. The minimum Gasteiger partial charge on any atom is -0.342 e. The van der Waals surface area contributed by atoms with Crippen LogP contribution in [0.3, 0.4) is 0 Å². The fourth-order valence-corrected chi connectivity index (χ4v) is 3.85. The third-order valence-electron chi connectivity index (χ3n) is 3.95. The van der Waals surface area contributed by atoms with E-state index in [1.165, 1.54) is 4.90 Å². The molecule has 1 heterocycles. The Kier molecular flexibility index (Phi) is 4.36. The highest BCUT2D eigenvalue weighted by molar-refractivity contribution is 7.91. The summed E-state index contributed by atoms with van der Waals surface area (Å²) < 4.78 is 23.5. The quantitative estimate of drug-likeness (QED) is 0.745. The Morgan fingerprint density at radius 1 is 1.25 bits per heavy atom. The van der Waals surface area contributed by atoms with Crippen molar-refractivity contribution in [1.29, 1.82) is 0 Å². The van der Waals surface area contributed by atoms with Crippen molar-refractivity contribution in [2.24, 2.45) is 5.92 Å². The normalized spacial score (nSPS) is 27.6. The van der Waals surface area contributed by atoms with Crippen LogP contribution >= 0.6 is 0 Å². The van der Waals surface area contributed by atoms with Gasteiger partial charge in [0.15, 0.2) is 9.84 Å². The Bertz CT molecular complexity index is 499. The summed E-state index contributed by atoms with van der Waals surface area (Å²) in [5, 5.41) is 2.75. The van der Waals surface area contributed by atoms with Crippen molar-refractivity contribution in [3.63, 3.8) is 0 Å². The molecule has 0 bridgehead atoms. The number of sulfone groups is 1. The molecule has 1 saturated carbocycles. The number of carbonyl (C=O) groups excluding carboxylic acids is 2. The van der Waals surface area contributed by atoms with E-state index < -0.39 is 21.9 Å². The number of nitrogens with one attached hydrogen (secondary N) is 1. The van der Waals surface area contributed by atoms with E-state index in [0.29, 0.717) is 6.42 Å². The van der Waals surface area contributed by atoms with Crippen LogP contribution in [0.15, 0.2) is 0 Å². The van der Waals surface area contributed by atoms with Gasteiger partial charge in [-0.2, -0.15) is 0 Å². The molecule has 1 aliphatic carbocycles. The molecule has 2 fully saturated rings. The van der Waals surface area contributed by atoms with E-state index in [4.69, 9.17) is 0 Å². The Morgan fingerprint density at radius 2 is 1.90 bits per heavy atom. The highest BCUT2D eigenvalue weighted by atomic mass is 32.2. The summed E-state index contributed by atoms with van der Waals surface area (Å²) in [5.74, 6) is -0.0298. The zero-order valence-electron chi connectivity index (χ0n) is 12.0. The second kappa shape index (κ2) is 5.71. The standard InChI is InChI=1S/C13H22N2O4S/c1-3-7-20(18,19)8-6-15-9(2)12(16)14-11(13(15)17)10-4-5-10/h9-11H,3-8H2,1-2H3,(H,14,16). The van der Waals surface area contributed by atoms with Gasteiger partial charge in [-0.25, -0.2) is 8.42 Å². The Morgan fingerprint density at radius 3 is 2.45 bits per heavy atom. The highest BCUT2D eigenvalue weighted by Gasteiger charge is 2.45.